The largest absolute Gasteiger partial charge is 0.466 e. The Kier molecular flexibility index (Phi) is 7.39. The van der Waals surface area contributed by atoms with Crippen LogP contribution in [0.3, 0.4) is 0 Å². The number of hydrogen-bond donors (Lipinski definition) is 1. The maximum absolute atomic E-state index is 11.3. The third kappa shape index (κ3) is 6.00. The molecule has 0 bridgehead atoms. The Morgan fingerprint density at radius 2 is 2.32 bits per heavy atom. The van der Waals surface area contributed by atoms with E-state index < -0.39 is 0 Å². The summed E-state index contributed by atoms with van der Waals surface area (Å²) in [5.41, 5.74) is 0.714. The van der Waals surface area contributed by atoms with Crippen molar-refractivity contribution in [2.45, 2.75) is 19.4 Å². The molecule has 0 radical (unpaired) electrons. The van der Waals surface area contributed by atoms with Crippen molar-refractivity contribution in [2.24, 2.45) is 0 Å². The second-order valence-corrected chi connectivity index (χ2v) is 4.68. The molecule has 1 atom stereocenters. The quantitative estimate of drug-likeness (QED) is 0.691. The Labute approximate surface area is 117 Å². The normalized spacial score (nSPS) is 12.2. The van der Waals surface area contributed by atoms with E-state index in [0.717, 1.165) is 5.13 Å². The van der Waals surface area contributed by atoms with Gasteiger partial charge >= 0.3 is 5.97 Å². The highest BCUT2D eigenvalue weighted by Gasteiger charge is 2.10. The fraction of sp³-hybridized carbons (Fsp3) is 0.667. The molecule has 108 valence electrons. The number of thiazole rings is 1. The van der Waals surface area contributed by atoms with Crippen molar-refractivity contribution in [3.8, 4) is 0 Å². The minimum absolute atomic E-state index is 0.0255. The van der Waals surface area contributed by atoms with Gasteiger partial charge in [0.25, 0.3) is 0 Å². The Morgan fingerprint density at radius 3 is 2.95 bits per heavy atom. The molecule has 0 aliphatic heterocycles. The number of anilines is 1. The van der Waals surface area contributed by atoms with Crippen LogP contribution in [0.4, 0.5) is 5.13 Å². The molecule has 19 heavy (non-hydrogen) atoms. The molecule has 0 amide bonds. The summed E-state index contributed by atoms with van der Waals surface area (Å²) >= 11 is 1.45. The molecule has 0 saturated carbocycles. The molecule has 0 spiro atoms. The molecule has 0 aromatic carbocycles. The number of nitrogens with one attached hydrogen (secondary N) is 1. The third-order valence-corrected chi connectivity index (χ3v) is 3.20. The van der Waals surface area contributed by atoms with Gasteiger partial charge in [0, 0.05) is 26.1 Å². The zero-order chi connectivity index (χ0) is 14.1. The van der Waals surface area contributed by atoms with Gasteiger partial charge in [-0.15, -0.1) is 11.3 Å². The standard InChI is InChI=1S/C12H20N2O4S/c1-4-18-11(15)5-9-8-19-12(14-9)13-6-10(17-3)7-16-2/h8,10H,4-7H2,1-3H3,(H,13,14). The van der Waals surface area contributed by atoms with Crippen molar-refractivity contribution in [3.05, 3.63) is 11.1 Å². The van der Waals surface area contributed by atoms with E-state index in [1.807, 2.05) is 5.38 Å². The lowest BCUT2D eigenvalue weighted by Gasteiger charge is -2.14. The summed E-state index contributed by atoms with van der Waals surface area (Å²) in [6.07, 6.45) is 0.181. The van der Waals surface area contributed by atoms with Crippen LogP contribution in [0.1, 0.15) is 12.6 Å². The van der Waals surface area contributed by atoms with Crippen molar-refractivity contribution in [1.82, 2.24) is 4.98 Å². The first-order chi connectivity index (χ1) is 9.19. The van der Waals surface area contributed by atoms with E-state index in [-0.39, 0.29) is 18.5 Å². The molecule has 0 saturated heterocycles. The average molecular weight is 288 g/mol. The van der Waals surface area contributed by atoms with Gasteiger partial charge in [0.2, 0.25) is 0 Å². The van der Waals surface area contributed by atoms with E-state index in [1.54, 1.807) is 21.1 Å². The second-order valence-electron chi connectivity index (χ2n) is 3.82. The van der Waals surface area contributed by atoms with Gasteiger partial charge in [0.05, 0.1) is 31.4 Å². The molecule has 6 nitrogen and oxygen atoms in total. The predicted octanol–water partition coefficient (Wildman–Crippen LogP) is 1.32. The number of carbonyl (C=O) groups is 1. The molecule has 1 rings (SSSR count). The number of aromatic nitrogens is 1. The SMILES string of the molecule is CCOC(=O)Cc1csc(NCC(COC)OC)n1. The number of hydrogen-bond acceptors (Lipinski definition) is 7. The van der Waals surface area contributed by atoms with Gasteiger partial charge in [-0.2, -0.15) is 0 Å². The highest BCUT2D eigenvalue weighted by molar-refractivity contribution is 7.13. The zero-order valence-electron chi connectivity index (χ0n) is 11.5. The van der Waals surface area contributed by atoms with Crippen LogP contribution in [0, 0.1) is 0 Å². The highest BCUT2D eigenvalue weighted by atomic mass is 32.1. The number of carbonyl (C=O) groups excluding carboxylic acids is 1. The van der Waals surface area contributed by atoms with E-state index in [1.165, 1.54) is 11.3 Å². The Hall–Kier alpha value is -1.18. The van der Waals surface area contributed by atoms with Crippen molar-refractivity contribution in [2.75, 3.05) is 39.3 Å². The second kappa shape index (κ2) is 8.84. The average Bonchev–Trinajstić information content (AvgIpc) is 2.82. The van der Waals surface area contributed by atoms with Gasteiger partial charge in [-0.1, -0.05) is 0 Å². The first-order valence-electron chi connectivity index (χ1n) is 6.05. The van der Waals surface area contributed by atoms with Gasteiger partial charge in [0.15, 0.2) is 5.13 Å². The van der Waals surface area contributed by atoms with E-state index >= 15 is 0 Å². The van der Waals surface area contributed by atoms with E-state index in [2.05, 4.69) is 10.3 Å². The summed E-state index contributed by atoms with van der Waals surface area (Å²) < 4.78 is 15.1. The first kappa shape index (κ1) is 15.9. The van der Waals surface area contributed by atoms with Gasteiger partial charge < -0.3 is 19.5 Å². The maximum Gasteiger partial charge on any atom is 0.311 e. The van der Waals surface area contributed by atoms with Crippen LogP contribution < -0.4 is 5.32 Å². The minimum Gasteiger partial charge on any atom is -0.466 e. The van der Waals surface area contributed by atoms with Crippen LogP contribution in [0.25, 0.3) is 0 Å². The fourth-order valence-electron chi connectivity index (χ4n) is 1.43. The number of methoxy groups -OCH3 is 2. The summed E-state index contributed by atoms with van der Waals surface area (Å²) in [7, 11) is 3.27. The van der Waals surface area contributed by atoms with Crippen molar-refractivity contribution >= 4 is 22.4 Å². The number of esters is 1. The minimum atomic E-state index is -0.256. The van der Waals surface area contributed by atoms with Crippen molar-refractivity contribution in [1.29, 1.82) is 0 Å². The molecule has 0 aliphatic carbocycles. The molecule has 7 heteroatoms. The van der Waals surface area contributed by atoms with Crippen LogP contribution in [-0.4, -0.2) is 51.0 Å². The number of rotatable bonds is 9. The lowest BCUT2D eigenvalue weighted by atomic mass is 10.3. The third-order valence-electron chi connectivity index (χ3n) is 2.35. The molecular formula is C12H20N2O4S. The van der Waals surface area contributed by atoms with Crippen LogP contribution in [-0.2, 0) is 25.4 Å². The summed E-state index contributed by atoms with van der Waals surface area (Å²) in [6, 6.07) is 0. The van der Waals surface area contributed by atoms with Crippen LogP contribution in [0.15, 0.2) is 5.38 Å². The van der Waals surface area contributed by atoms with Gasteiger partial charge in [-0.25, -0.2) is 4.98 Å². The van der Waals surface area contributed by atoms with Gasteiger partial charge in [0.1, 0.15) is 0 Å². The summed E-state index contributed by atoms with van der Waals surface area (Å²) in [4.78, 5) is 15.6. The van der Waals surface area contributed by atoms with Gasteiger partial charge in [-0.05, 0) is 6.92 Å². The fourth-order valence-corrected chi connectivity index (χ4v) is 2.15. The Balaban J connectivity index is 2.39. The lowest BCUT2D eigenvalue weighted by molar-refractivity contribution is -0.142. The summed E-state index contributed by atoms with van der Waals surface area (Å²) in [5.74, 6) is -0.256. The highest BCUT2D eigenvalue weighted by Crippen LogP contribution is 2.16. The van der Waals surface area contributed by atoms with Crippen LogP contribution in [0.5, 0.6) is 0 Å². The molecular weight excluding hydrogens is 268 g/mol. The van der Waals surface area contributed by atoms with E-state index in [9.17, 15) is 4.79 Å². The van der Waals surface area contributed by atoms with Crippen molar-refractivity contribution in [3.63, 3.8) is 0 Å². The molecule has 0 aliphatic rings. The summed E-state index contributed by atoms with van der Waals surface area (Å²) in [5, 5.41) is 5.76. The topological polar surface area (TPSA) is 69.7 Å². The Bertz CT molecular complexity index is 384. The van der Waals surface area contributed by atoms with E-state index in [4.69, 9.17) is 14.2 Å². The summed E-state index contributed by atoms with van der Waals surface area (Å²) in [6.45, 7) is 3.30. The lowest BCUT2D eigenvalue weighted by Crippen LogP contribution is -2.26. The zero-order valence-corrected chi connectivity index (χ0v) is 12.3. The molecule has 1 N–H and O–H groups in total. The monoisotopic (exact) mass is 288 g/mol. The van der Waals surface area contributed by atoms with Crippen LogP contribution >= 0.6 is 11.3 Å². The number of nitrogens with zero attached hydrogens (tertiary/aromatic N) is 1. The van der Waals surface area contributed by atoms with Gasteiger partial charge in [-0.3, -0.25) is 4.79 Å². The first-order valence-corrected chi connectivity index (χ1v) is 6.93. The molecule has 0 fully saturated rings. The molecule has 1 heterocycles. The molecule has 1 aromatic heterocycles. The molecule has 1 unspecified atom stereocenters. The van der Waals surface area contributed by atoms with E-state index in [0.29, 0.717) is 25.5 Å². The number of ether oxygens (including phenoxy) is 3. The van der Waals surface area contributed by atoms with Crippen molar-refractivity contribution < 1.29 is 19.0 Å². The molecule has 1 aromatic rings. The predicted molar refractivity (Wildman–Crippen MR) is 73.6 cm³/mol. The van der Waals surface area contributed by atoms with Crippen LogP contribution in [0.2, 0.25) is 0 Å². The Morgan fingerprint density at radius 1 is 1.53 bits per heavy atom. The smallest absolute Gasteiger partial charge is 0.311 e. The maximum atomic E-state index is 11.3.